The Bertz CT molecular complexity index is 583. The molecule has 1 heterocycles. The molecule has 2 bridgehead atoms. The Balaban J connectivity index is 1.98. The monoisotopic (exact) mass is 238 g/mol. The maximum atomic E-state index is 12.5. The lowest BCUT2D eigenvalue weighted by molar-refractivity contribution is -0.141. The van der Waals surface area contributed by atoms with Gasteiger partial charge in [0.2, 0.25) is 0 Å². The van der Waals surface area contributed by atoms with Crippen LogP contribution in [-0.4, -0.2) is 5.97 Å². The molecule has 2 nitrogen and oxygen atoms in total. The molecule has 2 aliphatic carbocycles. The van der Waals surface area contributed by atoms with Gasteiger partial charge in [0.1, 0.15) is 11.2 Å². The van der Waals surface area contributed by atoms with E-state index < -0.39 is 5.41 Å². The first-order chi connectivity index (χ1) is 8.78. The maximum Gasteiger partial charge on any atom is 0.323 e. The van der Waals surface area contributed by atoms with Gasteiger partial charge >= 0.3 is 5.97 Å². The number of fused-ring (bicyclic) bond motifs is 5. The third-order valence-electron chi connectivity index (χ3n) is 5.13. The van der Waals surface area contributed by atoms with Crippen molar-refractivity contribution >= 4 is 5.97 Å². The Morgan fingerprint density at radius 3 is 3.00 bits per heavy atom. The first-order valence-corrected chi connectivity index (χ1v) is 6.56. The Morgan fingerprint density at radius 1 is 1.33 bits per heavy atom. The first kappa shape index (κ1) is 10.2. The van der Waals surface area contributed by atoms with Gasteiger partial charge in [0.15, 0.2) is 0 Å². The van der Waals surface area contributed by atoms with E-state index in [2.05, 4.69) is 5.92 Å². The second-order valence-corrected chi connectivity index (χ2v) is 5.67. The quantitative estimate of drug-likeness (QED) is 0.394. The zero-order valence-corrected chi connectivity index (χ0v) is 10.1. The average Bonchev–Trinajstić information content (AvgIpc) is 3.04. The largest absolute Gasteiger partial charge is 0.425 e. The summed E-state index contributed by atoms with van der Waals surface area (Å²) in [5, 5.41) is 0. The minimum atomic E-state index is -0.533. The van der Waals surface area contributed by atoms with E-state index in [1.807, 2.05) is 24.3 Å². The fourth-order valence-electron chi connectivity index (χ4n) is 4.50. The molecule has 1 aromatic rings. The Kier molecular flexibility index (Phi) is 1.80. The van der Waals surface area contributed by atoms with Gasteiger partial charge in [-0.05, 0) is 37.2 Å². The third kappa shape index (κ3) is 0.916. The van der Waals surface area contributed by atoms with Gasteiger partial charge in [0.25, 0.3) is 0 Å². The molecule has 2 saturated carbocycles. The number of terminal acetylenes is 1. The van der Waals surface area contributed by atoms with Gasteiger partial charge in [-0.15, -0.1) is 12.3 Å². The Hall–Kier alpha value is -1.75. The molecule has 90 valence electrons. The molecule has 1 aliphatic heterocycles. The van der Waals surface area contributed by atoms with Crippen LogP contribution < -0.4 is 4.74 Å². The molecule has 1 spiro atoms. The van der Waals surface area contributed by atoms with Crippen LogP contribution >= 0.6 is 0 Å². The van der Waals surface area contributed by atoms with Gasteiger partial charge in [-0.25, -0.2) is 0 Å². The zero-order valence-electron chi connectivity index (χ0n) is 10.1. The first-order valence-electron chi connectivity index (χ1n) is 6.56. The van der Waals surface area contributed by atoms with Crippen LogP contribution in [0.2, 0.25) is 0 Å². The molecule has 0 unspecified atom stereocenters. The molecule has 0 saturated heterocycles. The molecule has 0 radical (unpaired) electrons. The van der Waals surface area contributed by atoms with E-state index in [4.69, 9.17) is 11.2 Å². The summed E-state index contributed by atoms with van der Waals surface area (Å²) >= 11 is 0. The van der Waals surface area contributed by atoms with Crippen LogP contribution in [0.25, 0.3) is 0 Å². The molecule has 4 rings (SSSR count). The van der Waals surface area contributed by atoms with E-state index in [1.54, 1.807) is 0 Å². The van der Waals surface area contributed by atoms with Crippen LogP contribution in [0, 0.1) is 30.1 Å². The highest BCUT2D eigenvalue weighted by Crippen LogP contribution is 2.64. The van der Waals surface area contributed by atoms with Crippen LogP contribution in [0.5, 0.6) is 5.75 Å². The van der Waals surface area contributed by atoms with Crippen LogP contribution in [0.15, 0.2) is 24.3 Å². The summed E-state index contributed by atoms with van der Waals surface area (Å²) in [7, 11) is 0. The predicted octanol–water partition coefficient (Wildman–Crippen LogP) is 2.52. The highest BCUT2D eigenvalue weighted by Gasteiger charge is 2.66. The number of para-hydroxylation sites is 1. The Morgan fingerprint density at radius 2 is 2.17 bits per heavy atom. The second kappa shape index (κ2) is 3.17. The van der Waals surface area contributed by atoms with Gasteiger partial charge < -0.3 is 4.74 Å². The van der Waals surface area contributed by atoms with Crippen molar-refractivity contribution in [3.63, 3.8) is 0 Å². The number of carbonyl (C=O) groups is 1. The molecule has 4 atom stereocenters. The molecular weight excluding hydrogens is 224 g/mol. The molecular formula is C16H14O2. The van der Waals surface area contributed by atoms with Crippen molar-refractivity contribution in [1.29, 1.82) is 0 Å². The van der Waals surface area contributed by atoms with E-state index in [9.17, 15) is 4.79 Å². The Labute approximate surface area is 106 Å². The summed E-state index contributed by atoms with van der Waals surface area (Å²) in [4.78, 5) is 12.5. The van der Waals surface area contributed by atoms with Crippen LogP contribution in [0.1, 0.15) is 24.8 Å². The number of ether oxygens (including phenoxy) is 1. The predicted molar refractivity (Wildman–Crippen MR) is 66.9 cm³/mol. The maximum absolute atomic E-state index is 12.5. The molecule has 0 aromatic heterocycles. The van der Waals surface area contributed by atoms with E-state index in [1.165, 1.54) is 0 Å². The zero-order chi connectivity index (χ0) is 12.3. The summed E-state index contributed by atoms with van der Waals surface area (Å²) in [6.07, 6.45) is 9.08. The van der Waals surface area contributed by atoms with Crippen molar-refractivity contribution in [2.75, 3.05) is 0 Å². The molecule has 1 aromatic carbocycles. The molecule has 0 amide bonds. The van der Waals surface area contributed by atoms with Gasteiger partial charge in [-0.3, -0.25) is 4.79 Å². The molecule has 3 aliphatic rings. The van der Waals surface area contributed by atoms with Crippen molar-refractivity contribution < 1.29 is 9.53 Å². The highest BCUT2D eigenvalue weighted by molar-refractivity contribution is 5.92. The molecule has 2 heteroatoms. The van der Waals surface area contributed by atoms with E-state index in [0.29, 0.717) is 11.8 Å². The summed E-state index contributed by atoms with van der Waals surface area (Å²) in [5.74, 6) is 4.40. The third-order valence-corrected chi connectivity index (χ3v) is 5.13. The molecule has 0 N–H and O–H groups in total. The number of benzene rings is 1. The van der Waals surface area contributed by atoms with Crippen LogP contribution in [0.4, 0.5) is 0 Å². The number of esters is 1. The standard InChI is InChI=1S/C16H14O2/c1-2-12-10-7-8-11(9-10)16(12)13-5-3-4-6-14(13)18-15(16)17/h1,3-6,10-12H,7-9H2/t10-,11+,12+,16+/m1/s1. The lowest BCUT2D eigenvalue weighted by Gasteiger charge is -2.35. The number of hydrogen-bond donors (Lipinski definition) is 0. The second-order valence-electron chi connectivity index (χ2n) is 5.67. The number of carbonyl (C=O) groups excluding carboxylic acids is 1. The van der Waals surface area contributed by atoms with Gasteiger partial charge in [0, 0.05) is 11.5 Å². The van der Waals surface area contributed by atoms with Crippen LogP contribution in [-0.2, 0) is 10.2 Å². The van der Waals surface area contributed by atoms with Crippen molar-refractivity contribution in [2.45, 2.75) is 24.7 Å². The lowest BCUT2D eigenvalue weighted by Crippen LogP contribution is -2.45. The fraction of sp³-hybridized carbons (Fsp3) is 0.438. The molecule has 2 fully saturated rings. The summed E-state index contributed by atoms with van der Waals surface area (Å²) < 4.78 is 5.49. The highest BCUT2D eigenvalue weighted by atomic mass is 16.5. The SMILES string of the molecule is C#C[C@H]1[C@@H]2CC[C@@H](C2)[C@]12C(=O)Oc1ccccc12. The van der Waals surface area contributed by atoms with Gasteiger partial charge in [-0.1, -0.05) is 18.2 Å². The summed E-state index contributed by atoms with van der Waals surface area (Å²) in [5.41, 5.74) is 0.499. The normalized spacial score (nSPS) is 39.7. The summed E-state index contributed by atoms with van der Waals surface area (Å²) in [6, 6.07) is 7.78. The van der Waals surface area contributed by atoms with E-state index >= 15 is 0 Å². The number of rotatable bonds is 0. The summed E-state index contributed by atoms with van der Waals surface area (Å²) in [6.45, 7) is 0. The topological polar surface area (TPSA) is 26.3 Å². The minimum Gasteiger partial charge on any atom is -0.425 e. The fourth-order valence-corrected chi connectivity index (χ4v) is 4.50. The smallest absolute Gasteiger partial charge is 0.323 e. The molecule has 18 heavy (non-hydrogen) atoms. The average molecular weight is 238 g/mol. The van der Waals surface area contributed by atoms with Crippen molar-refractivity contribution in [1.82, 2.24) is 0 Å². The van der Waals surface area contributed by atoms with Gasteiger partial charge in [-0.2, -0.15) is 0 Å². The number of hydrogen-bond acceptors (Lipinski definition) is 2. The van der Waals surface area contributed by atoms with Crippen molar-refractivity contribution in [3.8, 4) is 18.1 Å². The van der Waals surface area contributed by atoms with Crippen molar-refractivity contribution in [3.05, 3.63) is 29.8 Å². The van der Waals surface area contributed by atoms with Crippen molar-refractivity contribution in [2.24, 2.45) is 17.8 Å². The minimum absolute atomic E-state index is 0.0207. The van der Waals surface area contributed by atoms with E-state index in [0.717, 1.165) is 30.6 Å². The van der Waals surface area contributed by atoms with Crippen LogP contribution in [0.3, 0.4) is 0 Å². The van der Waals surface area contributed by atoms with Gasteiger partial charge in [0.05, 0.1) is 0 Å². The lowest BCUT2D eigenvalue weighted by atomic mass is 9.63. The van der Waals surface area contributed by atoms with E-state index in [-0.39, 0.29) is 11.9 Å².